The van der Waals surface area contributed by atoms with Gasteiger partial charge in [0, 0.05) is 13.1 Å². The maximum Gasteiger partial charge on any atom is 0.259 e. The fraction of sp³-hybridized carbons (Fsp3) is 0.412. The Morgan fingerprint density at radius 3 is 2.58 bits per heavy atom. The van der Waals surface area contributed by atoms with Crippen LogP contribution in [0.1, 0.15) is 30.9 Å². The average molecular weight is 347 g/mol. The van der Waals surface area contributed by atoms with Gasteiger partial charge in [-0.25, -0.2) is 13.4 Å². The van der Waals surface area contributed by atoms with Crippen molar-refractivity contribution in [3.05, 3.63) is 45.6 Å². The van der Waals surface area contributed by atoms with Crippen molar-refractivity contribution in [3.63, 3.8) is 0 Å². The summed E-state index contributed by atoms with van der Waals surface area (Å²) in [5, 5.41) is 0. The number of H-pyrrole nitrogens is 1. The lowest BCUT2D eigenvalue weighted by atomic mass is 9.89. The second-order valence-electron chi connectivity index (χ2n) is 5.88. The van der Waals surface area contributed by atoms with Gasteiger partial charge in [0.25, 0.3) is 5.56 Å². The number of rotatable bonds is 4. The fourth-order valence-electron chi connectivity index (χ4n) is 3.24. The Balaban J connectivity index is 2.20. The van der Waals surface area contributed by atoms with E-state index >= 15 is 0 Å². The van der Waals surface area contributed by atoms with Crippen molar-refractivity contribution < 1.29 is 8.42 Å². The zero-order valence-electron chi connectivity index (χ0n) is 14.1. The first-order chi connectivity index (χ1) is 11.4. The molecule has 3 rings (SSSR count). The monoisotopic (exact) mass is 347 g/mol. The summed E-state index contributed by atoms with van der Waals surface area (Å²) in [7, 11) is -3.56. The number of hydrogen-bond donors (Lipinski definition) is 1. The Morgan fingerprint density at radius 1 is 1.21 bits per heavy atom. The van der Waals surface area contributed by atoms with Crippen molar-refractivity contribution in [2.45, 2.75) is 38.5 Å². The van der Waals surface area contributed by atoms with Crippen LogP contribution < -0.4 is 5.56 Å². The second kappa shape index (κ2) is 6.14. The van der Waals surface area contributed by atoms with Crippen LogP contribution in [0.5, 0.6) is 0 Å². The molecule has 1 aromatic carbocycles. The fourth-order valence-corrected chi connectivity index (χ4v) is 4.72. The molecular formula is C17H21N3O3S. The lowest BCUT2D eigenvalue weighted by molar-refractivity contribution is 0.445. The molecule has 0 saturated carbocycles. The summed E-state index contributed by atoms with van der Waals surface area (Å²) >= 11 is 0. The number of hydrogen-bond acceptors (Lipinski definition) is 4. The highest BCUT2D eigenvalue weighted by Crippen LogP contribution is 2.32. The van der Waals surface area contributed by atoms with Gasteiger partial charge in [-0.1, -0.05) is 19.9 Å². The summed E-state index contributed by atoms with van der Waals surface area (Å²) in [6.07, 6.45) is 1.44. The standard InChI is InChI=1S/C17H21N3O3S/c1-4-20(5-2)24(22,23)13-8-6-12-7-9-15-16(14(12)10-13)17(21)19-11(3)18-15/h6,8,10H,4-5,7,9H2,1-3H3,(H,18,19,21). The minimum atomic E-state index is -3.56. The minimum absolute atomic E-state index is 0.212. The van der Waals surface area contributed by atoms with Gasteiger partial charge < -0.3 is 4.98 Å². The number of fused-ring (bicyclic) bond motifs is 3. The summed E-state index contributed by atoms with van der Waals surface area (Å²) < 4.78 is 26.9. The number of nitrogens with one attached hydrogen (secondary N) is 1. The molecule has 24 heavy (non-hydrogen) atoms. The minimum Gasteiger partial charge on any atom is -0.310 e. The number of aromatic amines is 1. The van der Waals surface area contributed by atoms with Crippen LogP contribution in [0, 0.1) is 6.92 Å². The molecule has 2 aromatic rings. The zero-order valence-corrected chi connectivity index (χ0v) is 14.9. The maximum atomic E-state index is 12.8. The predicted octanol–water partition coefficient (Wildman–Crippen LogP) is 1.87. The molecule has 0 fully saturated rings. The Hall–Kier alpha value is -1.99. The lowest BCUT2D eigenvalue weighted by Gasteiger charge is -2.22. The van der Waals surface area contributed by atoms with Crippen LogP contribution in [-0.4, -0.2) is 35.8 Å². The van der Waals surface area contributed by atoms with Gasteiger partial charge in [-0.15, -0.1) is 0 Å². The number of aryl methyl sites for hydroxylation is 3. The molecule has 0 spiro atoms. The van der Waals surface area contributed by atoms with Crippen LogP contribution >= 0.6 is 0 Å². The molecule has 0 saturated heterocycles. The van der Waals surface area contributed by atoms with Crippen LogP contribution in [0.15, 0.2) is 27.9 Å². The number of benzene rings is 1. The van der Waals surface area contributed by atoms with Gasteiger partial charge in [0.15, 0.2) is 0 Å². The molecule has 0 amide bonds. The first-order valence-corrected chi connectivity index (χ1v) is 9.55. The molecule has 1 aromatic heterocycles. The highest BCUT2D eigenvalue weighted by molar-refractivity contribution is 7.89. The SMILES string of the molecule is CCN(CC)S(=O)(=O)c1ccc2c(c1)-c1c(nc(C)[nH]c1=O)CC2. The number of nitrogens with zero attached hydrogens (tertiary/aromatic N) is 2. The molecule has 1 N–H and O–H groups in total. The third-order valence-corrected chi connectivity index (χ3v) is 6.48. The van der Waals surface area contributed by atoms with E-state index in [4.69, 9.17) is 0 Å². The third-order valence-electron chi connectivity index (χ3n) is 4.44. The molecule has 128 valence electrons. The molecule has 0 unspecified atom stereocenters. The van der Waals surface area contributed by atoms with Crippen molar-refractivity contribution in [3.8, 4) is 11.1 Å². The molecule has 1 aliphatic carbocycles. The summed E-state index contributed by atoms with van der Waals surface area (Å²) in [6, 6.07) is 5.06. The zero-order chi connectivity index (χ0) is 17.5. The first kappa shape index (κ1) is 16.9. The summed E-state index contributed by atoms with van der Waals surface area (Å²) in [6.45, 7) is 6.19. The molecule has 6 nitrogen and oxygen atoms in total. The van der Waals surface area contributed by atoms with E-state index < -0.39 is 10.0 Å². The lowest BCUT2D eigenvalue weighted by Crippen LogP contribution is -2.30. The molecule has 0 aliphatic heterocycles. The van der Waals surface area contributed by atoms with Crippen molar-refractivity contribution in [2.75, 3.05) is 13.1 Å². The van der Waals surface area contributed by atoms with Crippen LogP contribution in [0.2, 0.25) is 0 Å². The largest absolute Gasteiger partial charge is 0.310 e. The normalized spacial score (nSPS) is 13.7. The van der Waals surface area contributed by atoms with Crippen LogP contribution in [0.4, 0.5) is 0 Å². The Morgan fingerprint density at radius 2 is 1.92 bits per heavy atom. The molecule has 1 aliphatic rings. The van der Waals surface area contributed by atoms with E-state index in [0.29, 0.717) is 36.5 Å². The van der Waals surface area contributed by atoms with E-state index in [1.807, 2.05) is 19.9 Å². The van der Waals surface area contributed by atoms with Gasteiger partial charge in [0.2, 0.25) is 10.0 Å². The molecule has 0 radical (unpaired) electrons. The number of sulfonamides is 1. The quantitative estimate of drug-likeness (QED) is 0.915. The molecule has 0 bridgehead atoms. The van der Waals surface area contributed by atoms with Gasteiger partial charge in [0.1, 0.15) is 5.82 Å². The van der Waals surface area contributed by atoms with E-state index in [2.05, 4.69) is 9.97 Å². The van der Waals surface area contributed by atoms with Gasteiger partial charge in [-0.05, 0) is 43.0 Å². The van der Waals surface area contributed by atoms with Crippen LogP contribution in [0.25, 0.3) is 11.1 Å². The summed E-state index contributed by atoms with van der Waals surface area (Å²) in [5.41, 5.74) is 2.69. The van der Waals surface area contributed by atoms with E-state index in [9.17, 15) is 13.2 Å². The predicted molar refractivity (Wildman–Crippen MR) is 92.5 cm³/mol. The molecular weight excluding hydrogens is 326 g/mol. The highest BCUT2D eigenvalue weighted by atomic mass is 32.2. The Labute approximate surface area is 141 Å². The van der Waals surface area contributed by atoms with Crippen molar-refractivity contribution in [2.24, 2.45) is 0 Å². The Bertz CT molecular complexity index is 944. The van der Waals surface area contributed by atoms with Gasteiger partial charge in [-0.2, -0.15) is 4.31 Å². The maximum absolute atomic E-state index is 12.8. The van der Waals surface area contributed by atoms with Gasteiger partial charge >= 0.3 is 0 Å². The van der Waals surface area contributed by atoms with Crippen molar-refractivity contribution >= 4 is 10.0 Å². The topological polar surface area (TPSA) is 83.1 Å². The van der Waals surface area contributed by atoms with Gasteiger partial charge in [-0.3, -0.25) is 4.79 Å². The van der Waals surface area contributed by atoms with E-state index in [1.165, 1.54) is 4.31 Å². The van der Waals surface area contributed by atoms with Crippen LogP contribution in [-0.2, 0) is 22.9 Å². The summed E-state index contributed by atoms with van der Waals surface area (Å²) in [5.74, 6) is 0.578. The summed E-state index contributed by atoms with van der Waals surface area (Å²) in [4.78, 5) is 19.8. The van der Waals surface area contributed by atoms with Crippen molar-refractivity contribution in [1.82, 2.24) is 14.3 Å². The number of aromatic nitrogens is 2. The first-order valence-electron chi connectivity index (χ1n) is 8.11. The molecule has 0 atom stereocenters. The van der Waals surface area contributed by atoms with Crippen LogP contribution in [0.3, 0.4) is 0 Å². The van der Waals surface area contributed by atoms with E-state index in [1.54, 1.807) is 19.1 Å². The van der Waals surface area contributed by atoms with E-state index in [0.717, 1.165) is 17.7 Å². The molecule has 7 heteroatoms. The second-order valence-corrected chi connectivity index (χ2v) is 7.82. The smallest absolute Gasteiger partial charge is 0.259 e. The van der Waals surface area contributed by atoms with Crippen molar-refractivity contribution in [1.29, 1.82) is 0 Å². The van der Waals surface area contributed by atoms with E-state index in [-0.39, 0.29) is 10.5 Å². The molecule has 1 heterocycles. The third kappa shape index (κ3) is 2.67. The average Bonchev–Trinajstić information content (AvgIpc) is 2.54. The Kier molecular flexibility index (Phi) is 4.31. The van der Waals surface area contributed by atoms with Gasteiger partial charge in [0.05, 0.1) is 16.2 Å². The highest BCUT2D eigenvalue weighted by Gasteiger charge is 2.26.